The SMILES string of the molecule is N#Cc1ccc(N2CCc3c(ncnc3Nc3ccc(C(=O)NCCCN4CCC(CN5CCN(c6cc7c(cc6F)C(=O)N(C6CCC(=O)NC6=O)C7=O)CC5)CC4)c(F)n3)C2)cc1Cl. The van der Waals surface area contributed by atoms with Crippen molar-refractivity contribution < 1.29 is 32.8 Å². The van der Waals surface area contributed by atoms with Gasteiger partial charge in [0.2, 0.25) is 17.8 Å². The summed E-state index contributed by atoms with van der Waals surface area (Å²) < 4.78 is 30.6. The smallest absolute Gasteiger partial charge is 0.262 e. The third-order valence-corrected chi connectivity index (χ3v) is 13.5. The molecule has 3 saturated heterocycles. The summed E-state index contributed by atoms with van der Waals surface area (Å²) in [6.07, 6.45) is 4.82. The number of piperidine rings is 2. The van der Waals surface area contributed by atoms with E-state index in [1.807, 2.05) is 11.0 Å². The number of carbonyl (C=O) groups excluding carboxylic acids is 5. The minimum absolute atomic E-state index is 0.00619. The Hall–Kier alpha value is -6.62. The van der Waals surface area contributed by atoms with Gasteiger partial charge in [-0.05, 0) is 100 Å². The molecule has 1 unspecified atom stereocenters. The van der Waals surface area contributed by atoms with Crippen molar-refractivity contribution in [2.45, 2.75) is 51.1 Å². The molecule has 2 aromatic heterocycles. The number of aromatic nitrogens is 3. The van der Waals surface area contributed by atoms with Crippen LogP contribution >= 0.6 is 11.6 Å². The molecule has 342 valence electrons. The molecule has 0 spiro atoms. The van der Waals surface area contributed by atoms with Gasteiger partial charge in [0, 0.05) is 63.5 Å². The summed E-state index contributed by atoms with van der Waals surface area (Å²) in [6, 6.07) is 11.7. The Balaban J connectivity index is 0.685. The highest BCUT2D eigenvalue weighted by Gasteiger charge is 2.45. The van der Waals surface area contributed by atoms with Crippen molar-refractivity contribution in [2.24, 2.45) is 5.92 Å². The maximum atomic E-state index is 15.4. The first-order valence-corrected chi connectivity index (χ1v) is 22.6. The highest BCUT2D eigenvalue weighted by atomic mass is 35.5. The number of halogens is 3. The Bertz CT molecular complexity index is 2650. The number of hydrogen-bond acceptors (Lipinski definition) is 14. The Kier molecular flexibility index (Phi) is 12.9. The fourth-order valence-corrected chi connectivity index (χ4v) is 9.74. The van der Waals surface area contributed by atoms with E-state index in [1.165, 1.54) is 18.5 Å². The quantitative estimate of drug-likeness (QED) is 0.105. The van der Waals surface area contributed by atoms with Crippen molar-refractivity contribution in [3.63, 3.8) is 0 Å². The summed E-state index contributed by atoms with van der Waals surface area (Å²) in [6.45, 7) is 7.61. The number of nitrogens with zero attached hydrogens (tertiary/aromatic N) is 9. The van der Waals surface area contributed by atoms with Gasteiger partial charge in [0.05, 0.1) is 45.2 Å². The first-order chi connectivity index (χ1) is 31.9. The number of carbonyl (C=O) groups is 5. The second kappa shape index (κ2) is 19.1. The molecule has 2 aromatic carbocycles. The van der Waals surface area contributed by atoms with E-state index >= 15 is 8.78 Å². The molecule has 0 saturated carbocycles. The second-order valence-electron chi connectivity index (χ2n) is 17.2. The van der Waals surface area contributed by atoms with Gasteiger partial charge in [0.15, 0.2) is 0 Å². The van der Waals surface area contributed by atoms with Crippen LogP contribution in [0.5, 0.6) is 0 Å². The summed E-state index contributed by atoms with van der Waals surface area (Å²) >= 11 is 6.27. The van der Waals surface area contributed by atoms with Gasteiger partial charge in [-0.15, -0.1) is 0 Å². The number of fused-ring (bicyclic) bond motifs is 2. The predicted octanol–water partition coefficient (Wildman–Crippen LogP) is 4.04. The number of likely N-dealkylation sites (tertiary alicyclic amines) is 1. The molecule has 66 heavy (non-hydrogen) atoms. The van der Waals surface area contributed by atoms with E-state index in [0.29, 0.717) is 81.0 Å². The van der Waals surface area contributed by atoms with Crippen LogP contribution in [0.1, 0.15) is 80.0 Å². The molecule has 20 heteroatoms. The van der Waals surface area contributed by atoms with Gasteiger partial charge in [-0.3, -0.25) is 39.1 Å². The monoisotopic (exact) mass is 920 g/mol. The summed E-state index contributed by atoms with van der Waals surface area (Å²) in [4.78, 5) is 85.9. The number of anilines is 4. The lowest BCUT2D eigenvalue weighted by molar-refractivity contribution is -0.136. The van der Waals surface area contributed by atoms with Crippen LogP contribution in [0.2, 0.25) is 5.02 Å². The zero-order valence-corrected chi connectivity index (χ0v) is 36.8. The minimum atomic E-state index is -1.11. The summed E-state index contributed by atoms with van der Waals surface area (Å²) in [7, 11) is 0. The summed E-state index contributed by atoms with van der Waals surface area (Å²) in [5.74, 6) is -3.37. The first-order valence-electron chi connectivity index (χ1n) is 22.2. The van der Waals surface area contributed by atoms with Crippen LogP contribution in [0.3, 0.4) is 0 Å². The highest BCUT2D eigenvalue weighted by molar-refractivity contribution is 6.32. The number of rotatable bonds is 12. The first kappa shape index (κ1) is 44.6. The Morgan fingerprint density at radius 1 is 0.879 bits per heavy atom. The lowest BCUT2D eigenvalue weighted by Crippen LogP contribution is -2.54. The van der Waals surface area contributed by atoms with Crippen LogP contribution in [0.15, 0.2) is 48.8 Å². The van der Waals surface area contributed by atoms with E-state index in [4.69, 9.17) is 11.6 Å². The number of amides is 5. The number of nitrogens with one attached hydrogen (secondary N) is 3. The fourth-order valence-electron chi connectivity index (χ4n) is 9.52. The third kappa shape index (κ3) is 9.26. The minimum Gasteiger partial charge on any atom is -0.367 e. The number of benzene rings is 2. The molecule has 1 atom stereocenters. The van der Waals surface area contributed by atoms with Gasteiger partial charge in [-0.2, -0.15) is 9.65 Å². The predicted molar refractivity (Wildman–Crippen MR) is 238 cm³/mol. The Morgan fingerprint density at radius 2 is 1.65 bits per heavy atom. The summed E-state index contributed by atoms with van der Waals surface area (Å²) in [5, 5.41) is 17.7. The zero-order chi connectivity index (χ0) is 46.1. The van der Waals surface area contributed by atoms with Crippen LogP contribution in [-0.4, -0.2) is 131 Å². The molecule has 5 amide bonds. The number of imide groups is 2. The number of hydrogen-bond donors (Lipinski definition) is 3. The molecule has 5 aliphatic rings. The van der Waals surface area contributed by atoms with Gasteiger partial charge >= 0.3 is 0 Å². The van der Waals surface area contributed by atoms with Crippen LogP contribution in [0.4, 0.5) is 31.8 Å². The molecule has 7 heterocycles. The van der Waals surface area contributed by atoms with E-state index in [0.717, 1.165) is 66.9 Å². The maximum Gasteiger partial charge on any atom is 0.262 e. The van der Waals surface area contributed by atoms with Gasteiger partial charge in [0.1, 0.15) is 35.9 Å². The van der Waals surface area contributed by atoms with Gasteiger partial charge in [-0.1, -0.05) is 11.6 Å². The Morgan fingerprint density at radius 3 is 2.38 bits per heavy atom. The highest BCUT2D eigenvalue weighted by Crippen LogP contribution is 2.34. The average Bonchev–Trinajstić information content (AvgIpc) is 3.55. The standard InChI is InChI=1S/C46H47ClF2N12O5/c47-34-20-29(3-2-28(34)23-50)60-15-10-30-36(25-60)52-26-53-42(30)55-39-6-4-31(41(49)54-39)43(63)51-11-1-12-57-13-8-27(9-14-57)24-58-16-18-59(19-17-58)38-22-33-32(21-35(38)48)45(65)61(46(33)66)37-5-7-40(62)56-44(37)64/h2-4,6,20-22,26-27,37H,1,5,7-19,24-25H2,(H,51,63)(H,56,62,64)(H,52,53,54,55). The van der Waals surface area contributed by atoms with Crippen molar-refractivity contribution in [1.82, 2.24) is 40.3 Å². The molecular weight excluding hydrogens is 874 g/mol. The van der Waals surface area contributed by atoms with Crippen molar-refractivity contribution >= 4 is 64.1 Å². The van der Waals surface area contributed by atoms with Gasteiger partial charge < -0.3 is 25.3 Å². The topological polar surface area (TPSA) is 200 Å². The van der Waals surface area contributed by atoms with E-state index in [1.54, 1.807) is 18.2 Å². The molecule has 5 aliphatic heterocycles. The van der Waals surface area contributed by atoms with Crippen LogP contribution in [-0.2, 0) is 22.6 Å². The van der Waals surface area contributed by atoms with Crippen molar-refractivity contribution in [2.75, 3.05) is 80.6 Å². The molecule has 17 nitrogen and oxygen atoms in total. The molecule has 9 rings (SSSR count). The zero-order valence-electron chi connectivity index (χ0n) is 36.0. The molecule has 0 radical (unpaired) electrons. The van der Waals surface area contributed by atoms with Gasteiger partial charge in [0.25, 0.3) is 17.7 Å². The van der Waals surface area contributed by atoms with E-state index < -0.39 is 47.3 Å². The number of pyridine rings is 1. The Labute approximate surface area is 384 Å². The van der Waals surface area contributed by atoms with Crippen LogP contribution < -0.4 is 25.8 Å². The maximum absolute atomic E-state index is 15.4. The average molecular weight is 921 g/mol. The van der Waals surface area contributed by atoms with Crippen molar-refractivity contribution in [3.8, 4) is 6.07 Å². The van der Waals surface area contributed by atoms with Crippen LogP contribution in [0.25, 0.3) is 0 Å². The van der Waals surface area contributed by atoms with E-state index in [9.17, 15) is 29.2 Å². The molecule has 4 aromatic rings. The largest absolute Gasteiger partial charge is 0.367 e. The normalized spacial score (nSPS) is 19.4. The molecule has 0 aliphatic carbocycles. The van der Waals surface area contributed by atoms with E-state index in [2.05, 4.69) is 51.7 Å². The molecular formula is C46H47ClF2N12O5. The molecule has 3 fully saturated rings. The third-order valence-electron chi connectivity index (χ3n) is 13.2. The number of nitriles is 1. The fraction of sp³-hybridized carbons (Fsp3) is 0.413. The van der Waals surface area contributed by atoms with Crippen LogP contribution in [0, 0.1) is 29.0 Å². The molecule has 0 bridgehead atoms. The molecule has 3 N–H and O–H groups in total. The lowest BCUT2D eigenvalue weighted by Gasteiger charge is -2.39. The lowest BCUT2D eigenvalue weighted by atomic mass is 9.95. The van der Waals surface area contributed by atoms with Crippen molar-refractivity contribution in [1.29, 1.82) is 5.26 Å². The van der Waals surface area contributed by atoms with Crippen molar-refractivity contribution in [3.05, 3.63) is 99.1 Å². The van der Waals surface area contributed by atoms with E-state index in [-0.39, 0.29) is 41.0 Å². The number of piperazine rings is 1. The second-order valence-corrected chi connectivity index (χ2v) is 17.6. The van der Waals surface area contributed by atoms with Gasteiger partial charge in [-0.25, -0.2) is 19.3 Å². The summed E-state index contributed by atoms with van der Waals surface area (Å²) in [5.41, 5.74) is 3.05.